The maximum absolute atomic E-state index is 6.46. The minimum atomic E-state index is 0.912. The third kappa shape index (κ3) is 3.46. The van der Waals surface area contributed by atoms with E-state index in [0.29, 0.717) is 0 Å². The van der Waals surface area contributed by atoms with Gasteiger partial charge in [-0.3, -0.25) is 0 Å². The van der Waals surface area contributed by atoms with Gasteiger partial charge in [0.2, 0.25) is 0 Å². The van der Waals surface area contributed by atoms with Crippen LogP contribution in [0.2, 0.25) is 0 Å². The highest BCUT2D eigenvalue weighted by Gasteiger charge is 2.22. The second kappa shape index (κ2) is 9.57. The highest BCUT2D eigenvalue weighted by atomic mass is 16.3. The van der Waals surface area contributed by atoms with Gasteiger partial charge in [0.15, 0.2) is 0 Å². The molecule has 0 atom stereocenters. The van der Waals surface area contributed by atoms with Crippen molar-refractivity contribution in [3.05, 3.63) is 158 Å². The van der Waals surface area contributed by atoms with Crippen molar-refractivity contribution in [3.63, 3.8) is 0 Å². The summed E-state index contributed by atoms with van der Waals surface area (Å²) in [7, 11) is 0. The first-order chi connectivity index (χ1) is 23.8. The lowest BCUT2D eigenvalue weighted by molar-refractivity contribution is 0.669. The monoisotopic (exact) mass is 610 g/mol. The Hall–Kier alpha value is -6.38. The van der Waals surface area contributed by atoms with Crippen molar-refractivity contribution in [3.8, 4) is 33.4 Å². The number of furan rings is 2. The molecule has 0 bridgehead atoms. The Morgan fingerprint density at radius 1 is 0.312 bits per heavy atom. The minimum absolute atomic E-state index is 0.912. The SMILES string of the molecule is c1cc(-c2c3ccccc3c(-c3cc4cccc5oc6cccc3c6c45)c3ccccc23)cc(-c2cccc3c2oc2ccccc23)c1. The van der Waals surface area contributed by atoms with Crippen LogP contribution < -0.4 is 0 Å². The summed E-state index contributed by atoms with van der Waals surface area (Å²) in [4.78, 5) is 0. The van der Waals surface area contributed by atoms with E-state index >= 15 is 0 Å². The lowest BCUT2D eigenvalue weighted by atomic mass is 9.83. The summed E-state index contributed by atoms with van der Waals surface area (Å²) in [5.74, 6) is 0. The molecule has 0 unspecified atom stereocenters. The van der Waals surface area contributed by atoms with Crippen LogP contribution in [0.1, 0.15) is 0 Å². The summed E-state index contributed by atoms with van der Waals surface area (Å²) in [6, 6.07) is 56.7. The summed E-state index contributed by atoms with van der Waals surface area (Å²) < 4.78 is 12.8. The Bertz CT molecular complexity index is 3010. The molecule has 0 aliphatic carbocycles. The second-order valence-electron chi connectivity index (χ2n) is 12.8. The average molecular weight is 611 g/mol. The van der Waals surface area contributed by atoms with E-state index in [4.69, 9.17) is 8.83 Å². The summed E-state index contributed by atoms with van der Waals surface area (Å²) in [6.07, 6.45) is 0. The van der Waals surface area contributed by atoms with Gasteiger partial charge in [-0.1, -0.05) is 127 Å². The summed E-state index contributed by atoms with van der Waals surface area (Å²) in [5.41, 5.74) is 10.8. The van der Waals surface area contributed by atoms with Crippen molar-refractivity contribution in [2.24, 2.45) is 0 Å². The van der Waals surface area contributed by atoms with Crippen LogP contribution in [0.25, 0.3) is 110 Å². The van der Waals surface area contributed by atoms with E-state index < -0.39 is 0 Å². The molecule has 11 rings (SSSR count). The van der Waals surface area contributed by atoms with Gasteiger partial charge in [-0.25, -0.2) is 0 Å². The van der Waals surface area contributed by atoms with E-state index in [1.807, 2.05) is 12.1 Å². The molecule has 222 valence electrons. The van der Waals surface area contributed by atoms with Crippen LogP contribution in [0, 0.1) is 0 Å². The minimum Gasteiger partial charge on any atom is -0.456 e. The van der Waals surface area contributed by atoms with Crippen LogP contribution in [0.15, 0.2) is 167 Å². The van der Waals surface area contributed by atoms with Crippen LogP contribution in [-0.4, -0.2) is 0 Å². The third-order valence-electron chi connectivity index (χ3n) is 10.2. The molecule has 11 aromatic rings. The summed E-state index contributed by atoms with van der Waals surface area (Å²) >= 11 is 0. The van der Waals surface area contributed by atoms with Crippen molar-refractivity contribution >= 4 is 76.2 Å². The van der Waals surface area contributed by atoms with Crippen LogP contribution >= 0.6 is 0 Å². The standard InChI is InChI=1S/C46H26O2/c1-3-17-34-32(15-1)42(28-12-7-11-27(25-28)30-19-9-21-37-31-14-5-6-22-39(31)48-46(30)37)33-16-2-4-18-35(33)44(34)38-26-29-13-8-23-40-43(29)45-36(38)20-10-24-41(45)47-40/h1-26H. The molecule has 2 nitrogen and oxygen atoms in total. The molecule has 2 aromatic heterocycles. The normalized spacial score (nSPS) is 12.2. The van der Waals surface area contributed by atoms with Gasteiger partial charge in [-0.05, 0) is 90.5 Å². The van der Waals surface area contributed by atoms with Crippen molar-refractivity contribution in [2.75, 3.05) is 0 Å². The lowest BCUT2D eigenvalue weighted by Gasteiger charge is -2.19. The molecule has 0 spiro atoms. The fraction of sp³-hybridized carbons (Fsp3) is 0. The zero-order valence-corrected chi connectivity index (χ0v) is 25.8. The second-order valence-corrected chi connectivity index (χ2v) is 12.8. The first-order valence-corrected chi connectivity index (χ1v) is 16.4. The molecule has 2 heterocycles. The van der Waals surface area contributed by atoms with Crippen molar-refractivity contribution in [1.29, 1.82) is 0 Å². The Kier molecular flexibility index (Phi) is 5.14. The predicted octanol–water partition coefficient (Wildman–Crippen LogP) is 13.4. The van der Waals surface area contributed by atoms with Crippen molar-refractivity contribution < 1.29 is 8.83 Å². The van der Waals surface area contributed by atoms with Crippen molar-refractivity contribution in [2.45, 2.75) is 0 Å². The molecular weight excluding hydrogens is 585 g/mol. The maximum Gasteiger partial charge on any atom is 0.143 e. The smallest absolute Gasteiger partial charge is 0.143 e. The molecule has 48 heavy (non-hydrogen) atoms. The zero-order chi connectivity index (χ0) is 31.3. The highest BCUT2D eigenvalue weighted by molar-refractivity contribution is 6.29. The third-order valence-corrected chi connectivity index (χ3v) is 10.2. The summed E-state index contributed by atoms with van der Waals surface area (Å²) in [6.45, 7) is 0. The van der Waals surface area contributed by atoms with Crippen LogP contribution in [0.5, 0.6) is 0 Å². The fourth-order valence-corrected chi connectivity index (χ4v) is 8.22. The van der Waals surface area contributed by atoms with Gasteiger partial charge in [0.1, 0.15) is 22.3 Å². The molecule has 9 aromatic carbocycles. The topological polar surface area (TPSA) is 26.3 Å². The van der Waals surface area contributed by atoms with Gasteiger partial charge in [-0.15, -0.1) is 0 Å². The Balaban J connectivity index is 1.21. The average Bonchev–Trinajstić information content (AvgIpc) is 3.72. The quantitative estimate of drug-likeness (QED) is 0.147. The molecule has 0 saturated heterocycles. The number of hydrogen-bond donors (Lipinski definition) is 0. The largest absolute Gasteiger partial charge is 0.456 e. The van der Waals surface area contributed by atoms with E-state index in [9.17, 15) is 0 Å². The maximum atomic E-state index is 6.46. The lowest BCUT2D eigenvalue weighted by Crippen LogP contribution is -1.92. The Morgan fingerprint density at radius 3 is 1.67 bits per heavy atom. The number of rotatable bonds is 3. The molecule has 2 heteroatoms. The van der Waals surface area contributed by atoms with Gasteiger partial charge >= 0.3 is 0 Å². The van der Waals surface area contributed by atoms with Crippen LogP contribution in [0.4, 0.5) is 0 Å². The van der Waals surface area contributed by atoms with Gasteiger partial charge in [-0.2, -0.15) is 0 Å². The van der Waals surface area contributed by atoms with Crippen molar-refractivity contribution in [1.82, 2.24) is 0 Å². The summed E-state index contributed by atoms with van der Waals surface area (Å²) in [5, 5.41) is 12.0. The first-order valence-electron chi connectivity index (χ1n) is 16.4. The molecule has 0 N–H and O–H groups in total. The van der Waals surface area contributed by atoms with E-state index in [1.54, 1.807) is 0 Å². The molecule has 0 saturated carbocycles. The number of fused-ring (bicyclic) bond motifs is 5. The van der Waals surface area contributed by atoms with E-state index in [0.717, 1.165) is 44.2 Å². The van der Waals surface area contributed by atoms with Crippen LogP contribution in [-0.2, 0) is 0 Å². The van der Waals surface area contributed by atoms with E-state index in [-0.39, 0.29) is 0 Å². The highest BCUT2D eigenvalue weighted by Crippen LogP contribution is 2.49. The van der Waals surface area contributed by atoms with Gasteiger partial charge in [0, 0.05) is 27.1 Å². The van der Waals surface area contributed by atoms with Gasteiger partial charge in [0.25, 0.3) is 0 Å². The van der Waals surface area contributed by atoms with E-state index in [1.165, 1.54) is 65.3 Å². The molecule has 0 aliphatic heterocycles. The zero-order valence-electron chi connectivity index (χ0n) is 25.8. The number of para-hydroxylation sites is 2. The predicted molar refractivity (Wildman–Crippen MR) is 201 cm³/mol. The Morgan fingerprint density at radius 2 is 0.875 bits per heavy atom. The number of benzene rings is 9. The Labute approximate surface area is 275 Å². The molecular formula is C46H26O2. The number of hydrogen-bond acceptors (Lipinski definition) is 2. The fourth-order valence-electron chi connectivity index (χ4n) is 8.22. The molecule has 0 fully saturated rings. The molecule has 0 radical (unpaired) electrons. The van der Waals surface area contributed by atoms with Gasteiger partial charge < -0.3 is 8.83 Å². The first kappa shape index (κ1) is 25.8. The van der Waals surface area contributed by atoms with Gasteiger partial charge in [0.05, 0.1) is 0 Å². The van der Waals surface area contributed by atoms with Crippen LogP contribution in [0.3, 0.4) is 0 Å². The van der Waals surface area contributed by atoms with E-state index in [2.05, 4.69) is 146 Å². The molecule has 0 amide bonds. The molecule has 0 aliphatic rings.